The van der Waals surface area contributed by atoms with Gasteiger partial charge in [0.15, 0.2) is 11.5 Å². The molecular formula is C17H16F3N5O. The van der Waals surface area contributed by atoms with Crippen molar-refractivity contribution < 1.29 is 17.7 Å². The van der Waals surface area contributed by atoms with Gasteiger partial charge in [0.1, 0.15) is 0 Å². The molecule has 9 heteroatoms. The van der Waals surface area contributed by atoms with E-state index in [1.165, 1.54) is 0 Å². The van der Waals surface area contributed by atoms with E-state index in [-0.39, 0.29) is 23.0 Å². The van der Waals surface area contributed by atoms with E-state index in [0.29, 0.717) is 12.8 Å². The van der Waals surface area contributed by atoms with Gasteiger partial charge in [0, 0.05) is 0 Å². The summed E-state index contributed by atoms with van der Waals surface area (Å²) in [7, 11) is 0. The average molecular weight is 363 g/mol. The highest BCUT2D eigenvalue weighted by atomic mass is 19.4. The van der Waals surface area contributed by atoms with Crippen molar-refractivity contribution in [2.45, 2.75) is 37.4 Å². The maximum atomic E-state index is 13.7. The van der Waals surface area contributed by atoms with Crippen molar-refractivity contribution in [1.82, 2.24) is 19.9 Å². The van der Waals surface area contributed by atoms with Gasteiger partial charge >= 0.3 is 6.18 Å². The number of nitrogens with zero attached hydrogens (tertiary/aromatic N) is 4. The summed E-state index contributed by atoms with van der Waals surface area (Å²) in [6.45, 7) is 0. The van der Waals surface area contributed by atoms with Gasteiger partial charge in [0.05, 0.1) is 23.0 Å². The number of benzene rings is 1. The molecule has 0 aliphatic heterocycles. The Bertz CT molecular complexity index is 910. The van der Waals surface area contributed by atoms with E-state index < -0.39 is 17.4 Å². The molecule has 0 radical (unpaired) electrons. The number of alkyl halides is 3. The summed E-state index contributed by atoms with van der Waals surface area (Å²) in [5.74, 6) is 0.0109. The topological polar surface area (TPSA) is 82.8 Å². The Balaban J connectivity index is 1.81. The minimum Gasteiger partial charge on any atom is -0.334 e. The molecule has 1 aromatic carbocycles. The molecule has 1 aliphatic rings. The molecular weight excluding hydrogens is 347 g/mol. The second-order valence-electron chi connectivity index (χ2n) is 6.44. The van der Waals surface area contributed by atoms with E-state index in [4.69, 9.17) is 10.3 Å². The molecule has 2 aromatic heterocycles. The number of hydrogen-bond acceptors (Lipinski definition) is 5. The van der Waals surface area contributed by atoms with E-state index in [0.717, 1.165) is 23.7 Å². The first-order valence-electron chi connectivity index (χ1n) is 8.23. The van der Waals surface area contributed by atoms with E-state index >= 15 is 0 Å². The molecule has 1 aliphatic carbocycles. The highest BCUT2D eigenvalue weighted by Gasteiger charge is 2.42. The second kappa shape index (κ2) is 5.94. The van der Waals surface area contributed by atoms with Gasteiger partial charge in [-0.15, -0.1) is 0 Å². The minimum atomic E-state index is -4.65. The van der Waals surface area contributed by atoms with Gasteiger partial charge in [-0.05, 0) is 25.0 Å². The zero-order valence-electron chi connectivity index (χ0n) is 13.7. The molecule has 2 heterocycles. The molecule has 0 unspecified atom stereocenters. The summed E-state index contributed by atoms with van der Waals surface area (Å²) in [4.78, 5) is 4.16. The van der Waals surface area contributed by atoms with Crippen molar-refractivity contribution in [2.75, 3.05) is 0 Å². The molecule has 1 saturated carbocycles. The molecule has 0 bridgehead atoms. The molecule has 136 valence electrons. The summed E-state index contributed by atoms with van der Waals surface area (Å²) in [6.07, 6.45) is -0.335. The predicted molar refractivity (Wildman–Crippen MR) is 86.2 cm³/mol. The smallest absolute Gasteiger partial charge is 0.334 e. The molecule has 6 nitrogen and oxygen atoms in total. The van der Waals surface area contributed by atoms with Crippen molar-refractivity contribution in [3.05, 3.63) is 48.0 Å². The second-order valence-corrected chi connectivity index (χ2v) is 6.44. The molecule has 26 heavy (non-hydrogen) atoms. The predicted octanol–water partition coefficient (Wildman–Crippen LogP) is 3.67. The van der Waals surface area contributed by atoms with Gasteiger partial charge < -0.3 is 10.3 Å². The summed E-state index contributed by atoms with van der Waals surface area (Å²) in [5, 5.41) is 7.73. The van der Waals surface area contributed by atoms with Crippen molar-refractivity contribution in [2.24, 2.45) is 5.73 Å². The fourth-order valence-corrected chi connectivity index (χ4v) is 3.31. The summed E-state index contributed by atoms with van der Waals surface area (Å²) < 4.78 is 47.1. The SMILES string of the molecule is NC1(c2noc(-c3cnn(-c4ccccc4)c3C(F)(F)F)n2)CCCC1. The van der Waals surface area contributed by atoms with Crippen LogP contribution in [0.25, 0.3) is 17.1 Å². The Morgan fingerprint density at radius 1 is 1.12 bits per heavy atom. The Labute approximate surface area is 146 Å². The van der Waals surface area contributed by atoms with Crippen LogP contribution in [0.15, 0.2) is 41.1 Å². The summed E-state index contributed by atoms with van der Waals surface area (Å²) in [6, 6.07) is 8.07. The van der Waals surface area contributed by atoms with Gasteiger partial charge in [-0.25, -0.2) is 4.68 Å². The summed E-state index contributed by atoms with van der Waals surface area (Å²) in [5.41, 5.74) is 4.59. The van der Waals surface area contributed by atoms with Gasteiger partial charge in [0.25, 0.3) is 5.89 Å². The molecule has 0 spiro atoms. The van der Waals surface area contributed by atoms with Crippen molar-refractivity contribution in [1.29, 1.82) is 0 Å². The lowest BCUT2D eigenvalue weighted by Crippen LogP contribution is -2.34. The largest absolute Gasteiger partial charge is 0.434 e. The Morgan fingerprint density at radius 2 is 1.81 bits per heavy atom. The third-order valence-electron chi connectivity index (χ3n) is 4.64. The minimum absolute atomic E-state index is 0.230. The van der Waals surface area contributed by atoms with Crippen LogP contribution in [0.2, 0.25) is 0 Å². The quantitative estimate of drug-likeness (QED) is 0.768. The van der Waals surface area contributed by atoms with Crippen LogP contribution in [0.3, 0.4) is 0 Å². The molecule has 3 aromatic rings. The van der Waals surface area contributed by atoms with Crippen molar-refractivity contribution in [3.63, 3.8) is 0 Å². The van der Waals surface area contributed by atoms with Crippen LogP contribution in [0, 0.1) is 0 Å². The maximum Gasteiger partial charge on any atom is 0.434 e. The zero-order valence-corrected chi connectivity index (χ0v) is 13.7. The average Bonchev–Trinajstić information content (AvgIpc) is 3.33. The summed E-state index contributed by atoms with van der Waals surface area (Å²) >= 11 is 0. The van der Waals surface area contributed by atoms with E-state index in [2.05, 4.69) is 15.2 Å². The van der Waals surface area contributed by atoms with Crippen molar-refractivity contribution >= 4 is 0 Å². The number of rotatable bonds is 3. The highest BCUT2D eigenvalue weighted by molar-refractivity contribution is 5.58. The third kappa shape index (κ3) is 2.78. The number of aromatic nitrogens is 4. The monoisotopic (exact) mass is 363 g/mol. The maximum absolute atomic E-state index is 13.7. The van der Waals surface area contributed by atoms with Crippen LogP contribution < -0.4 is 5.73 Å². The molecule has 0 saturated heterocycles. The molecule has 0 amide bonds. The van der Waals surface area contributed by atoms with E-state index in [1.54, 1.807) is 30.3 Å². The van der Waals surface area contributed by atoms with E-state index in [9.17, 15) is 13.2 Å². The number of hydrogen-bond donors (Lipinski definition) is 1. The van der Waals surface area contributed by atoms with E-state index in [1.807, 2.05) is 0 Å². The molecule has 2 N–H and O–H groups in total. The van der Waals surface area contributed by atoms with Gasteiger partial charge in [-0.1, -0.05) is 36.2 Å². The van der Waals surface area contributed by atoms with Crippen LogP contribution in [-0.2, 0) is 11.7 Å². The van der Waals surface area contributed by atoms with Crippen LogP contribution >= 0.6 is 0 Å². The molecule has 4 rings (SSSR count). The Hall–Kier alpha value is -2.68. The third-order valence-corrected chi connectivity index (χ3v) is 4.64. The lowest BCUT2D eigenvalue weighted by Gasteiger charge is -2.17. The fourth-order valence-electron chi connectivity index (χ4n) is 3.31. The molecule has 0 atom stereocenters. The number of halogens is 3. The van der Waals surface area contributed by atoms with Crippen LogP contribution in [0.5, 0.6) is 0 Å². The van der Waals surface area contributed by atoms with Crippen LogP contribution in [-0.4, -0.2) is 19.9 Å². The lowest BCUT2D eigenvalue weighted by atomic mass is 9.99. The standard InChI is InChI=1S/C17H16F3N5O/c18-17(19,20)13-12(10-22-25(13)11-6-2-1-3-7-11)14-23-15(24-26-14)16(21)8-4-5-9-16/h1-3,6-7,10H,4-5,8-9,21H2. The zero-order chi connectivity index (χ0) is 18.4. The lowest BCUT2D eigenvalue weighted by molar-refractivity contribution is -0.142. The number of para-hydroxylation sites is 1. The molecule has 1 fully saturated rings. The number of nitrogens with two attached hydrogens (primary N) is 1. The Morgan fingerprint density at radius 3 is 2.46 bits per heavy atom. The first kappa shape index (κ1) is 16.8. The van der Waals surface area contributed by atoms with Gasteiger partial charge in [-0.2, -0.15) is 23.3 Å². The first-order chi connectivity index (χ1) is 12.4. The van der Waals surface area contributed by atoms with Gasteiger partial charge in [0.2, 0.25) is 0 Å². The highest BCUT2D eigenvalue weighted by Crippen LogP contribution is 2.39. The fraction of sp³-hybridized carbons (Fsp3) is 0.353. The van der Waals surface area contributed by atoms with Crippen LogP contribution in [0.4, 0.5) is 13.2 Å². The first-order valence-corrected chi connectivity index (χ1v) is 8.23. The normalized spacial score (nSPS) is 16.9. The van der Waals surface area contributed by atoms with Gasteiger partial charge in [-0.3, -0.25) is 0 Å². The Kier molecular flexibility index (Phi) is 3.83. The van der Waals surface area contributed by atoms with Crippen LogP contribution in [0.1, 0.15) is 37.2 Å². The van der Waals surface area contributed by atoms with Crippen molar-refractivity contribution in [3.8, 4) is 17.1 Å².